The lowest BCUT2D eigenvalue weighted by molar-refractivity contribution is 0.0530. The minimum Gasteiger partial charge on any atom is -0.335 e. The predicted octanol–water partition coefficient (Wildman–Crippen LogP) is 3.02. The molecule has 1 aromatic carbocycles. The van der Waals surface area contributed by atoms with Crippen LogP contribution in [0.5, 0.6) is 0 Å². The van der Waals surface area contributed by atoms with Crippen molar-refractivity contribution in [3.8, 4) is 0 Å². The number of rotatable bonds is 0. The molecule has 1 fully saturated rings. The second-order valence-corrected chi connectivity index (χ2v) is 6.46. The molecule has 0 spiro atoms. The van der Waals surface area contributed by atoms with Gasteiger partial charge in [-0.2, -0.15) is 0 Å². The Hall–Kier alpha value is -0.440. The average Bonchev–Trinajstić information content (AvgIpc) is 2.32. The van der Waals surface area contributed by atoms with Gasteiger partial charge < -0.3 is 4.90 Å². The Morgan fingerprint density at radius 3 is 2.65 bits per heavy atom. The molecule has 1 amide bonds. The SMILES string of the molecule is CN1C(=O)c2ccccc2[C@@H]2[C@H](Cl)C(Cl)(Cl)[C@@H]21. The van der Waals surface area contributed by atoms with E-state index in [1.54, 1.807) is 11.9 Å². The van der Waals surface area contributed by atoms with E-state index in [0.717, 1.165) is 5.56 Å². The topological polar surface area (TPSA) is 20.3 Å². The second-order valence-electron chi connectivity index (χ2n) is 4.55. The van der Waals surface area contributed by atoms with Crippen LogP contribution in [-0.4, -0.2) is 33.6 Å². The van der Waals surface area contributed by atoms with E-state index in [0.29, 0.717) is 5.56 Å². The van der Waals surface area contributed by atoms with Gasteiger partial charge in [-0.1, -0.05) is 41.4 Å². The van der Waals surface area contributed by atoms with Crippen LogP contribution < -0.4 is 0 Å². The van der Waals surface area contributed by atoms with Crippen LogP contribution in [0.3, 0.4) is 0 Å². The fraction of sp³-hybridized carbons (Fsp3) is 0.417. The van der Waals surface area contributed by atoms with Gasteiger partial charge >= 0.3 is 0 Å². The molecule has 1 aliphatic heterocycles. The Balaban J connectivity index is 2.16. The molecule has 0 aromatic heterocycles. The summed E-state index contributed by atoms with van der Waals surface area (Å²) >= 11 is 18.6. The van der Waals surface area contributed by atoms with E-state index in [1.165, 1.54) is 0 Å². The Morgan fingerprint density at radius 2 is 1.94 bits per heavy atom. The molecule has 17 heavy (non-hydrogen) atoms. The zero-order valence-electron chi connectivity index (χ0n) is 9.03. The normalized spacial score (nSPS) is 33.8. The van der Waals surface area contributed by atoms with Crippen molar-refractivity contribution in [1.29, 1.82) is 0 Å². The Kier molecular flexibility index (Phi) is 2.42. The first-order valence-electron chi connectivity index (χ1n) is 5.34. The highest BCUT2D eigenvalue weighted by molar-refractivity contribution is 6.54. The molecule has 0 saturated heterocycles. The maximum atomic E-state index is 12.2. The van der Waals surface area contributed by atoms with Crippen LogP contribution in [0.15, 0.2) is 24.3 Å². The molecule has 5 heteroatoms. The van der Waals surface area contributed by atoms with E-state index in [1.807, 2.05) is 24.3 Å². The first-order valence-corrected chi connectivity index (χ1v) is 6.53. The molecular weight excluding hydrogens is 280 g/mol. The van der Waals surface area contributed by atoms with Gasteiger partial charge in [0.25, 0.3) is 5.91 Å². The molecule has 1 aromatic rings. The number of benzene rings is 1. The van der Waals surface area contributed by atoms with Crippen LogP contribution in [0, 0.1) is 0 Å². The van der Waals surface area contributed by atoms with E-state index >= 15 is 0 Å². The maximum absolute atomic E-state index is 12.2. The summed E-state index contributed by atoms with van der Waals surface area (Å²) in [5, 5.41) is -0.368. The zero-order chi connectivity index (χ0) is 12.4. The van der Waals surface area contributed by atoms with E-state index < -0.39 is 4.33 Å². The smallest absolute Gasteiger partial charge is 0.254 e. The first kappa shape index (κ1) is 11.6. The van der Waals surface area contributed by atoms with E-state index in [2.05, 4.69) is 0 Å². The first-order chi connectivity index (χ1) is 7.96. The Morgan fingerprint density at radius 1 is 1.29 bits per heavy atom. The zero-order valence-corrected chi connectivity index (χ0v) is 11.3. The van der Waals surface area contributed by atoms with Gasteiger partial charge in [-0.15, -0.1) is 11.6 Å². The molecule has 3 atom stereocenters. The van der Waals surface area contributed by atoms with Crippen molar-refractivity contribution in [3.63, 3.8) is 0 Å². The molecular formula is C12H10Cl3NO. The quantitative estimate of drug-likeness (QED) is 0.673. The standard InChI is InChI=1S/C12H10Cl3NO/c1-16-10-8(9(13)12(10,14)15)6-4-2-3-5-7(6)11(16)17/h2-5,8-10H,1H3/t8-,9+,10-/m1/s1. The lowest BCUT2D eigenvalue weighted by Gasteiger charge is -2.57. The number of nitrogens with zero attached hydrogens (tertiary/aromatic N) is 1. The molecule has 0 radical (unpaired) electrons. The van der Waals surface area contributed by atoms with Crippen molar-refractivity contribution in [3.05, 3.63) is 35.4 Å². The number of amides is 1. The summed E-state index contributed by atoms with van der Waals surface area (Å²) in [4.78, 5) is 13.8. The maximum Gasteiger partial charge on any atom is 0.254 e. The van der Waals surface area contributed by atoms with Crippen molar-refractivity contribution in [2.75, 3.05) is 7.05 Å². The van der Waals surface area contributed by atoms with Gasteiger partial charge in [-0.25, -0.2) is 0 Å². The molecule has 1 aliphatic carbocycles. The third-order valence-electron chi connectivity index (χ3n) is 3.71. The lowest BCUT2D eigenvalue weighted by Crippen LogP contribution is -2.69. The van der Waals surface area contributed by atoms with Crippen molar-refractivity contribution < 1.29 is 4.79 Å². The number of carbonyl (C=O) groups excluding carboxylic acids is 1. The average molecular weight is 291 g/mol. The van der Waals surface area contributed by atoms with Crippen LogP contribution in [0.25, 0.3) is 0 Å². The van der Waals surface area contributed by atoms with E-state index in [9.17, 15) is 4.79 Å². The van der Waals surface area contributed by atoms with Crippen molar-refractivity contribution >= 4 is 40.7 Å². The van der Waals surface area contributed by atoms with Gasteiger partial charge in [0, 0.05) is 18.5 Å². The molecule has 1 heterocycles. The Labute approximate surface area is 114 Å². The van der Waals surface area contributed by atoms with Crippen LogP contribution in [0.4, 0.5) is 0 Å². The summed E-state index contributed by atoms with van der Waals surface area (Å²) in [6, 6.07) is 7.25. The minimum atomic E-state index is -1.07. The number of hydrogen-bond acceptors (Lipinski definition) is 1. The molecule has 1 saturated carbocycles. The summed E-state index contributed by atoms with van der Waals surface area (Å²) in [6.07, 6.45) is 0. The molecule has 90 valence electrons. The number of carbonyl (C=O) groups is 1. The number of fused-ring (bicyclic) bond motifs is 3. The summed E-state index contributed by atoms with van der Waals surface area (Å²) < 4.78 is -1.07. The van der Waals surface area contributed by atoms with Crippen LogP contribution in [0.1, 0.15) is 21.8 Å². The number of halogens is 3. The van der Waals surface area contributed by atoms with Gasteiger partial charge in [-0.05, 0) is 11.6 Å². The van der Waals surface area contributed by atoms with Gasteiger partial charge in [0.1, 0.15) is 0 Å². The van der Waals surface area contributed by atoms with E-state index in [4.69, 9.17) is 34.8 Å². The molecule has 2 aliphatic rings. The lowest BCUT2D eigenvalue weighted by atomic mass is 9.69. The summed E-state index contributed by atoms with van der Waals surface area (Å²) in [6.45, 7) is 0. The van der Waals surface area contributed by atoms with Crippen LogP contribution in [0.2, 0.25) is 0 Å². The highest BCUT2D eigenvalue weighted by Gasteiger charge is 2.65. The van der Waals surface area contributed by atoms with Gasteiger partial charge in [-0.3, -0.25) is 4.79 Å². The van der Waals surface area contributed by atoms with Gasteiger partial charge in [0.15, 0.2) is 4.33 Å². The highest BCUT2D eigenvalue weighted by atomic mass is 35.5. The molecule has 0 unspecified atom stereocenters. The monoisotopic (exact) mass is 289 g/mol. The molecule has 3 rings (SSSR count). The van der Waals surface area contributed by atoms with Gasteiger partial charge in [0.2, 0.25) is 0 Å². The molecule has 2 nitrogen and oxygen atoms in total. The summed E-state index contributed by atoms with van der Waals surface area (Å²) in [5.41, 5.74) is 1.66. The molecule has 0 N–H and O–H groups in total. The summed E-state index contributed by atoms with van der Waals surface area (Å²) in [7, 11) is 1.72. The largest absolute Gasteiger partial charge is 0.335 e. The predicted molar refractivity (Wildman–Crippen MR) is 69.1 cm³/mol. The number of likely N-dealkylation sites (N-methyl/N-ethyl adjacent to an activating group) is 1. The van der Waals surface area contributed by atoms with Crippen LogP contribution in [-0.2, 0) is 0 Å². The fourth-order valence-corrected chi connectivity index (χ4v) is 4.05. The summed E-state index contributed by atoms with van der Waals surface area (Å²) in [5.74, 6) is -0.0262. The van der Waals surface area contributed by atoms with Crippen molar-refractivity contribution in [2.45, 2.75) is 21.7 Å². The van der Waals surface area contributed by atoms with Crippen LogP contribution >= 0.6 is 34.8 Å². The Bertz CT molecular complexity index is 502. The fourth-order valence-electron chi connectivity index (χ4n) is 2.81. The van der Waals surface area contributed by atoms with Crippen molar-refractivity contribution in [2.24, 2.45) is 0 Å². The number of hydrogen-bond donors (Lipinski definition) is 0. The number of alkyl halides is 3. The van der Waals surface area contributed by atoms with Gasteiger partial charge in [0.05, 0.1) is 11.4 Å². The third-order valence-corrected chi connectivity index (χ3v) is 5.46. The molecule has 0 bridgehead atoms. The minimum absolute atomic E-state index is 0.0190. The highest BCUT2D eigenvalue weighted by Crippen LogP contribution is 2.59. The third kappa shape index (κ3) is 1.32. The second kappa shape index (κ2) is 3.53. The van der Waals surface area contributed by atoms with E-state index in [-0.39, 0.29) is 23.2 Å². The van der Waals surface area contributed by atoms with Crippen molar-refractivity contribution in [1.82, 2.24) is 4.90 Å².